The van der Waals surface area contributed by atoms with Gasteiger partial charge in [-0.2, -0.15) is 0 Å². The molecule has 0 bridgehead atoms. The number of carbonyl (C=O) groups is 3. The topological polar surface area (TPSA) is 98.7 Å². The van der Waals surface area contributed by atoms with Gasteiger partial charge in [0.25, 0.3) is 23.6 Å². The summed E-state index contributed by atoms with van der Waals surface area (Å²) < 4.78 is 27.5. The fourth-order valence-corrected chi connectivity index (χ4v) is 2.91. The quantitative estimate of drug-likeness (QED) is 0.365. The van der Waals surface area contributed by atoms with Crippen molar-refractivity contribution in [2.24, 2.45) is 0 Å². The zero-order valence-corrected chi connectivity index (χ0v) is 16.8. The van der Waals surface area contributed by atoms with Crippen LogP contribution in [-0.2, 0) is 15.5 Å². The highest BCUT2D eigenvalue weighted by Gasteiger charge is 2.33. The van der Waals surface area contributed by atoms with Crippen molar-refractivity contribution in [3.8, 4) is 11.1 Å². The highest BCUT2D eigenvalue weighted by atomic mass is 19.3. The first-order chi connectivity index (χ1) is 14.2. The minimum atomic E-state index is -2.89. The van der Waals surface area contributed by atoms with E-state index in [9.17, 15) is 23.2 Å². The molecule has 0 aliphatic heterocycles. The van der Waals surface area contributed by atoms with Crippen LogP contribution >= 0.6 is 0 Å². The number of amides is 3. The van der Waals surface area contributed by atoms with Crippen LogP contribution in [0.1, 0.15) is 29.3 Å². The molecular weight excluding hydrogens is 396 g/mol. The zero-order chi connectivity index (χ0) is 22.5. The minimum Gasteiger partial charge on any atom is -0.357 e. The lowest BCUT2D eigenvalue weighted by Crippen LogP contribution is -2.54. The molecule has 2 aromatic carbocycles. The second-order valence-electron chi connectivity index (χ2n) is 6.62. The summed E-state index contributed by atoms with van der Waals surface area (Å²) in [6, 6.07) is 10.6. The van der Waals surface area contributed by atoms with Crippen molar-refractivity contribution in [1.82, 2.24) is 15.7 Å². The fourth-order valence-electron chi connectivity index (χ4n) is 2.91. The third kappa shape index (κ3) is 4.80. The maximum Gasteiger partial charge on any atom is 0.275 e. The van der Waals surface area contributed by atoms with Crippen LogP contribution in [0.2, 0.25) is 0 Å². The highest BCUT2D eigenvalue weighted by molar-refractivity contribution is 6.08. The SMILES string of the molecule is CCC(F)(F)c1ccc(-c2ccc(C(=O)N(C)C(C(=O)NC)C(=O)NO)cc2)cc1. The molecule has 2 aromatic rings. The standard InChI is InChI=1S/C21H23F2N3O4/c1-4-21(22,23)16-11-9-14(10-12-16)13-5-7-15(8-6-13)20(29)26(3)17(18(27)24-2)19(28)25-30/h5-12,17,30H,4H2,1-3H3,(H,24,27)(H,25,28). The van der Waals surface area contributed by atoms with E-state index in [-0.39, 0.29) is 17.5 Å². The summed E-state index contributed by atoms with van der Waals surface area (Å²) >= 11 is 0. The molecule has 1 atom stereocenters. The van der Waals surface area contributed by atoms with Crippen LogP contribution in [0, 0.1) is 0 Å². The first kappa shape index (κ1) is 23.0. The number of hydrogen-bond donors (Lipinski definition) is 3. The molecule has 1 unspecified atom stereocenters. The van der Waals surface area contributed by atoms with Crippen molar-refractivity contribution in [3.63, 3.8) is 0 Å². The zero-order valence-electron chi connectivity index (χ0n) is 16.8. The number of likely N-dealkylation sites (N-methyl/N-ethyl adjacent to an activating group) is 2. The fraction of sp³-hybridized carbons (Fsp3) is 0.286. The van der Waals surface area contributed by atoms with Gasteiger partial charge in [0.05, 0.1) is 0 Å². The first-order valence-corrected chi connectivity index (χ1v) is 9.17. The summed E-state index contributed by atoms with van der Waals surface area (Å²) in [4.78, 5) is 37.3. The third-order valence-electron chi connectivity index (χ3n) is 4.78. The van der Waals surface area contributed by atoms with Crippen LogP contribution in [0.15, 0.2) is 48.5 Å². The van der Waals surface area contributed by atoms with Gasteiger partial charge in [0.1, 0.15) is 0 Å². The van der Waals surface area contributed by atoms with Gasteiger partial charge in [-0.25, -0.2) is 14.3 Å². The Hall–Kier alpha value is -3.33. The van der Waals surface area contributed by atoms with Crippen molar-refractivity contribution >= 4 is 17.7 Å². The maximum atomic E-state index is 13.8. The molecule has 0 saturated heterocycles. The number of hydroxylamine groups is 1. The Bertz CT molecular complexity index is 899. The Morgan fingerprint density at radius 3 is 1.93 bits per heavy atom. The lowest BCUT2D eigenvalue weighted by molar-refractivity contribution is -0.140. The van der Waals surface area contributed by atoms with Crippen LogP contribution in [0.5, 0.6) is 0 Å². The van der Waals surface area contributed by atoms with Crippen molar-refractivity contribution < 1.29 is 28.4 Å². The molecule has 0 fully saturated rings. The third-order valence-corrected chi connectivity index (χ3v) is 4.78. The highest BCUT2D eigenvalue weighted by Crippen LogP contribution is 2.32. The number of nitrogens with zero attached hydrogens (tertiary/aromatic N) is 1. The van der Waals surface area contributed by atoms with Crippen LogP contribution in [0.3, 0.4) is 0 Å². The summed E-state index contributed by atoms with van der Waals surface area (Å²) in [5.74, 6) is -5.32. The molecule has 0 aliphatic rings. The number of nitrogens with one attached hydrogen (secondary N) is 2. The molecule has 0 aromatic heterocycles. The Morgan fingerprint density at radius 2 is 1.50 bits per heavy atom. The number of halogens is 2. The molecule has 0 saturated carbocycles. The van der Waals surface area contributed by atoms with Gasteiger partial charge in [0, 0.05) is 31.6 Å². The van der Waals surface area contributed by atoms with E-state index in [1.807, 2.05) is 0 Å². The summed E-state index contributed by atoms with van der Waals surface area (Å²) in [6.07, 6.45) is -0.290. The van der Waals surface area contributed by atoms with E-state index < -0.39 is 29.7 Å². The normalized spacial score (nSPS) is 12.1. The second kappa shape index (κ2) is 9.45. The van der Waals surface area contributed by atoms with Crippen molar-refractivity contribution in [2.45, 2.75) is 25.3 Å². The summed E-state index contributed by atoms with van der Waals surface area (Å²) in [6.45, 7) is 1.42. The van der Waals surface area contributed by atoms with Gasteiger partial charge in [-0.3, -0.25) is 19.6 Å². The molecule has 0 spiro atoms. The average molecular weight is 419 g/mol. The Kier molecular flexibility index (Phi) is 7.23. The average Bonchev–Trinajstić information content (AvgIpc) is 2.78. The Morgan fingerprint density at radius 1 is 1.00 bits per heavy atom. The molecule has 0 aliphatic carbocycles. The molecule has 3 amide bonds. The number of benzene rings is 2. The smallest absolute Gasteiger partial charge is 0.275 e. The van der Waals surface area contributed by atoms with E-state index in [0.717, 1.165) is 4.90 Å². The molecule has 9 heteroatoms. The lowest BCUT2D eigenvalue weighted by Gasteiger charge is -2.25. The van der Waals surface area contributed by atoms with Gasteiger partial charge in [-0.05, 0) is 23.3 Å². The molecule has 0 radical (unpaired) electrons. The van der Waals surface area contributed by atoms with E-state index in [4.69, 9.17) is 5.21 Å². The first-order valence-electron chi connectivity index (χ1n) is 9.17. The maximum absolute atomic E-state index is 13.8. The van der Waals surface area contributed by atoms with Gasteiger partial charge in [-0.1, -0.05) is 43.3 Å². The van der Waals surface area contributed by atoms with Crippen LogP contribution in [0.25, 0.3) is 11.1 Å². The summed E-state index contributed by atoms with van der Waals surface area (Å²) in [7, 11) is 2.56. The number of hydrogen-bond acceptors (Lipinski definition) is 4. The number of rotatable bonds is 7. The van der Waals surface area contributed by atoms with Crippen molar-refractivity contribution in [2.75, 3.05) is 14.1 Å². The van der Waals surface area contributed by atoms with E-state index in [1.54, 1.807) is 24.3 Å². The summed E-state index contributed by atoms with van der Waals surface area (Å²) in [5, 5.41) is 11.1. The van der Waals surface area contributed by atoms with Crippen LogP contribution < -0.4 is 10.8 Å². The van der Waals surface area contributed by atoms with Gasteiger partial charge >= 0.3 is 0 Å². The predicted octanol–water partition coefficient (Wildman–Crippen LogP) is 2.55. The second-order valence-corrected chi connectivity index (χ2v) is 6.62. The molecule has 3 N–H and O–H groups in total. The molecule has 0 heterocycles. The number of carbonyl (C=O) groups excluding carboxylic acids is 3. The number of alkyl halides is 2. The van der Waals surface area contributed by atoms with E-state index >= 15 is 0 Å². The molecular formula is C21H23F2N3O4. The summed E-state index contributed by atoms with van der Waals surface area (Å²) in [5.41, 5.74) is 2.91. The largest absolute Gasteiger partial charge is 0.357 e. The van der Waals surface area contributed by atoms with Gasteiger partial charge in [0.15, 0.2) is 6.04 Å². The van der Waals surface area contributed by atoms with Gasteiger partial charge in [-0.15, -0.1) is 0 Å². The Labute approximate surface area is 172 Å². The van der Waals surface area contributed by atoms with E-state index in [2.05, 4.69) is 5.32 Å². The van der Waals surface area contributed by atoms with Gasteiger partial charge < -0.3 is 10.2 Å². The molecule has 2 rings (SSSR count). The molecule has 30 heavy (non-hydrogen) atoms. The van der Waals surface area contributed by atoms with E-state index in [0.29, 0.717) is 11.1 Å². The van der Waals surface area contributed by atoms with Crippen molar-refractivity contribution in [1.29, 1.82) is 0 Å². The van der Waals surface area contributed by atoms with Gasteiger partial charge in [0.2, 0.25) is 0 Å². The monoisotopic (exact) mass is 419 g/mol. The minimum absolute atomic E-state index is 0.0652. The lowest BCUT2D eigenvalue weighted by atomic mass is 9.99. The van der Waals surface area contributed by atoms with E-state index in [1.165, 1.54) is 50.8 Å². The Balaban J connectivity index is 2.23. The van der Waals surface area contributed by atoms with Crippen LogP contribution in [0.4, 0.5) is 8.78 Å². The predicted molar refractivity (Wildman–Crippen MR) is 106 cm³/mol. The van der Waals surface area contributed by atoms with Crippen molar-refractivity contribution in [3.05, 3.63) is 59.7 Å². The molecule has 160 valence electrons. The van der Waals surface area contributed by atoms with Crippen LogP contribution in [-0.4, -0.2) is 48.0 Å². The molecule has 7 nitrogen and oxygen atoms in total.